The number of hydrogen-bond acceptors (Lipinski definition) is 3. The summed E-state index contributed by atoms with van der Waals surface area (Å²) in [6, 6.07) is 19.9. The number of thiophene rings is 1. The molecule has 0 saturated heterocycles. The summed E-state index contributed by atoms with van der Waals surface area (Å²) in [7, 11) is 0. The number of hydrogen-bond donors (Lipinski definition) is 2. The summed E-state index contributed by atoms with van der Waals surface area (Å²) >= 11 is 1.62. The summed E-state index contributed by atoms with van der Waals surface area (Å²) in [4.78, 5) is 5.66. The van der Waals surface area contributed by atoms with Crippen LogP contribution in [0.25, 0.3) is 0 Å². The minimum Gasteiger partial charge on any atom is -0.383 e. The smallest absolute Gasteiger partial charge is 0.141 e. The number of nitrogens with zero attached hydrogens (tertiary/aromatic N) is 1. The van der Waals surface area contributed by atoms with Gasteiger partial charge in [-0.25, -0.2) is 4.99 Å². The fraction of sp³-hybridized carbons (Fsp3) is 0.370. The first kappa shape index (κ1) is 21.8. The molecule has 0 spiro atoms. The van der Waals surface area contributed by atoms with Gasteiger partial charge >= 0.3 is 0 Å². The van der Waals surface area contributed by atoms with Crippen molar-refractivity contribution < 1.29 is 0 Å². The first-order valence-corrected chi connectivity index (χ1v) is 12.4. The number of rotatable bonds is 10. The lowest BCUT2D eigenvalue weighted by atomic mass is 10.00. The van der Waals surface area contributed by atoms with Gasteiger partial charge in [0.15, 0.2) is 0 Å². The third-order valence-corrected chi connectivity index (χ3v) is 7.08. The molecule has 1 atom stereocenters. The summed E-state index contributed by atoms with van der Waals surface area (Å²) in [6.45, 7) is 3.20. The van der Waals surface area contributed by atoms with Gasteiger partial charge in [-0.15, -0.1) is 11.3 Å². The number of nitrogens with one attached hydrogen (secondary N) is 1. The Hall–Kier alpha value is -2.43. The van der Waals surface area contributed by atoms with Gasteiger partial charge in [0, 0.05) is 12.6 Å². The van der Waals surface area contributed by atoms with Crippen LogP contribution in [0.5, 0.6) is 0 Å². The van der Waals surface area contributed by atoms with Crippen molar-refractivity contribution in [1.82, 2.24) is 5.32 Å². The van der Waals surface area contributed by atoms with Gasteiger partial charge in [0.2, 0.25) is 0 Å². The minimum atomic E-state index is 0.413. The van der Waals surface area contributed by atoms with Crippen molar-refractivity contribution in [2.45, 2.75) is 64.5 Å². The van der Waals surface area contributed by atoms with Gasteiger partial charge in [-0.3, -0.25) is 0 Å². The molecule has 1 aromatic heterocycles. The van der Waals surface area contributed by atoms with Crippen molar-refractivity contribution in [3.8, 4) is 0 Å². The number of aryl methyl sites for hydroxylation is 2. The molecule has 162 valence electrons. The molecule has 2 aromatic carbocycles. The molecule has 0 radical (unpaired) electrons. The monoisotopic (exact) mass is 431 g/mol. The Morgan fingerprint density at radius 2 is 1.94 bits per heavy atom. The number of aliphatic imine (C=N–C) groups is 1. The molecule has 1 heterocycles. The lowest BCUT2D eigenvalue weighted by molar-refractivity contribution is 0.528. The lowest BCUT2D eigenvalue weighted by Crippen LogP contribution is -2.19. The maximum absolute atomic E-state index is 6.17. The zero-order valence-electron chi connectivity index (χ0n) is 18.4. The fourth-order valence-electron chi connectivity index (χ4n) is 4.45. The van der Waals surface area contributed by atoms with Gasteiger partial charge in [0.05, 0.1) is 10.6 Å². The van der Waals surface area contributed by atoms with Gasteiger partial charge in [0.1, 0.15) is 5.84 Å². The fourth-order valence-corrected chi connectivity index (χ4v) is 5.08. The van der Waals surface area contributed by atoms with Crippen molar-refractivity contribution in [2.24, 2.45) is 10.7 Å². The van der Waals surface area contributed by atoms with E-state index in [1.807, 2.05) is 17.5 Å². The molecule has 0 fully saturated rings. The maximum atomic E-state index is 6.17. The number of unbranched alkanes of at least 4 members (excludes halogenated alkanes) is 3. The Labute approximate surface area is 190 Å². The molecule has 4 rings (SSSR count). The Balaban J connectivity index is 1.39. The highest BCUT2D eigenvalue weighted by Crippen LogP contribution is 2.34. The van der Waals surface area contributed by atoms with E-state index in [1.54, 1.807) is 11.3 Å². The highest BCUT2D eigenvalue weighted by molar-refractivity contribution is 7.12. The van der Waals surface area contributed by atoms with Gasteiger partial charge < -0.3 is 11.1 Å². The van der Waals surface area contributed by atoms with Crippen LogP contribution in [0.2, 0.25) is 0 Å². The standard InChI is InChI=1S/C27H33N3S/c1-2-3-4-5-9-20-10-6-7-11-22(20)19-29-25-16-13-21-18-23(14-15-24(21)25)30-27(28)26-12-8-17-31-26/h6-8,10-12,14-15,17-18,25,29H,2-5,9,13,16,19H2,1H3,(H2,28,30). The molecule has 4 heteroatoms. The average Bonchev–Trinajstić information content (AvgIpc) is 3.46. The van der Waals surface area contributed by atoms with Crippen molar-refractivity contribution in [3.63, 3.8) is 0 Å². The predicted octanol–water partition coefficient (Wildman–Crippen LogP) is 6.69. The molecule has 0 amide bonds. The summed E-state index contributed by atoms with van der Waals surface area (Å²) in [5.74, 6) is 0.596. The molecule has 3 aromatic rings. The van der Waals surface area contributed by atoms with Crippen LogP contribution >= 0.6 is 11.3 Å². The van der Waals surface area contributed by atoms with Gasteiger partial charge in [-0.1, -0.05) is 62.6 Å². The summed E-state index contributed by atoms with van der Waals surface area (Å²) in [6.07, 6.45) is 8.66. The second-order valence-electron chi connectivity index (χ2n) is 8.41. The lowest BCUT2D eigenvalue weighted by Gasteiger charge is -2.16. The number of fused-ring (bicyclic) bond motifs is 1. The Bertz CT molecular complexity index is 1010. The Morgan fingerprint density at radius 1 is 1.06 bits per heavy atom. The summed E-state index contributed by atoms with van der Waals surface area (Å²) in [5, 5.41) is 5.85. The molecule has 3 nitrogen and oxygen atoms in total. The Kier molecular flexibility index (Phi) is 7.55. The van der Waals surface area contributed by atoms with Crippen LogP contribution in [0.1, 0.15) is 72.2 Å². The van der Waals surface area contributed by atoms with Crippen molar-refractivity contribution >= 4 is 22.9 Å². The zero-order valence-corrected chi connectivity index (χ0v) is 19.3. The van der Waals surface area contributed by atoms with Crippen molar-refractivity contribution in [3.05, 3.63) is 87.1 Å². The van der Waals surface area contributed by atoms with Crippen LogP contribution in [0, 0.1) is 0 Å². The average molecular weight is 432 g/mol. The highest BCUT2D eigenvalue weighted by atomic mass is 32.1. The summed E-state index contributed by atoms with van der Waals surface area (Å²) < 4.78 is 0. The largest absolute Gasteiger partial charge is 0.383 e. The highest BCUT2D eigenvalue weighted by Gasteiger charge is 2.22. The van der Waals surface area contributed by atoms with E-state index in [-0.39, 0.29) is 0 Å². The molecule has 1 aliphatic carbocycles. The van der Waals surface area contributed by atoms with E-state index in [9.17, 15) is 0 Å². The van der Waals surface area contributed by atoms with E-state index in [0.29, 0.717) is 11.9 Å². The van der Waals surface area contributed by atoms with Crippen LogP contribution in [0.15, 0.2) is 65.0 Å². The van der Waals surface area contributed by atoms with Crippen LogP contribution in [-0.2, 0) is 19.4 Å². The number of nitrogens with two attached hydrogens (primary N) is 1. The second-order valence-corrected chi connectivity index (χ2v) is 9.36. The van der Waals surface area contributed by atoms with E-state index in [1.165, 1.54) is 54.4 Å². The van der Waals surface area contributed by atoms with E-state index >= 15 is 0 Å². The van der Waals surface area contributed by atoms with E-state index in [2.05, 4.69) is 59.7 Å². The first-order chi connectivity index (χ1) is 15.2. The molecule has 0 bridgehead atoms. The topological polar surface area (TPSA) is 50.4 Å². The molecule has 0 saturated carbocycles. The van der Waals surface area contributed by atoms with Crippen LogP contribution in [-0.4, -0.2) is 5.84 Å². The van der Waals surface area contributed by atoms with Gasteiger partial charge in [-0.05, 0) is 71.5 Å². The van der Waals surface area contributed by atoms with Crippen LogP contribution < -0.4 is 11.1 Å². The van der Waals surface area contributed by atoms with Gasteiger partial charge in [0.25, 0.3) is 0 Å². The summed E-state index contributed by atoms with van der Waals surface area (Å²) in [5.41, 5.74) is 12.9. The molecule has 31 heavy (non-hydrogen) atoms. The molecule has 1 unspecified atom stereocenters. The minimum absolute atomic E-state index is 0.413. The van der Waals surface area contributed by atoms with Crippen molar-refractivity contribution in [1.29, 1.82) is 0 Å². The maximum Gasteiger partial charge on any atom is 0.141 e. The molecular weight excluding hydrogens is 398 g/mol. The molecule has 1 aliphatic rings. The normalized spacial score (nSPS) is 15.9. The van der Waals surface area contributed by atoms with Gasteiger partial charge in [-0.2, -0.15) is 0 Å². The number of amidine groups is 1. The van der Waals surface area contributed by atoms with Crippen molar-refractivity contribution in [2.75, 3.05) is 0 Å². The molecule has 3 N–H and O–H groups in total. The third kappa shape index (κ3) is 5.63. The quantitative estimate of drug-likeness (QED) is 0.213. The predicted molar refractivity (Wildman–Crippen MR) is 133 cm³/mol. The van der Waals surface area contributed by atoms with Crippen LogP contribution in [0.3, 0.4) is 0 Å². The third-order valence-electron chi connectivity index (χ3n) is 6.18. The van der Waals surface area contributed by atoms with E-state index in [0.717, 1.165) is 30.0 Å². The van der Waals surface area contributed by atoms with Crippen LogP contribution in [0.4, 0.5) is 5.69 Å². The Morgan fingerprint density at radius 3 is 2.74 bits per heavy atom. The SMILES string of the molecule is CCCCCCc1ccccc1CNC1CCc2cc(N=C(N)c3cccs3)ccc21. The number of benzene rings is 2. The van der Waals surface area contributed by atoms with E-state index in [4.69, 9.17) is 5.73 Å². The zero-order chi connectivity index (χ0) is 21.5. The van der Waals surface area contributed by atoms with E-state index < -0.39 is 0 Å². The molecule has 0 aliphatic heterocycles. The second kappa shape index (κ2) is 10.7. The first-order valence-electron chi connectivity index (χ1n) is 11.6. The molecular formula is C27H33N3S.